The fourth-order valence-corrected chi connectivity index (χ4v) is 1.92. The molecule has 0 fully saturated rings. The van der Waals surface area contributed by atoms with Gasteiger partial charge in [-0.25, -0.2) is 9.97 Å². The number of rotatable bonds is 5. The lowest BCUT2D eigenvalue weighted by Crippen LogP contribution is -2.02. The number of methoxy groups -OCH3 is 1. The highest BCUT2D eigenvalue weighted by Crippen LogP contribution is 2.32. The monoisotopic (exact) mass is 292 g/mol. The van der Waals surface area contributed by atoms with Crippen LogP contribution in [0.4, 0.5) is 17.3 Å². The van der Waals surface area contributed by atoms with Gasteiger partial charge in [0.1, 0.15) is 23.7 Å². The van der Waals surface area contributed by atoms with Crippen molar-refractivity contribution < 1.29 is 4.74 Å². The Hall–Kier alpha value is -2.01. The molecule has 0 saturated heterocycles. The minimum absolute atomic E-state index is 0.670. The maximum atomic E-state index is 6.09. The molecule has 0 aliphatic carbocycles. The minimum atomic E-state index is 0.670. The molecule has 0 aliphatic rings. The molecule has 6 heteroatoms. The van der Waals surface area contributed by atoms with Gasteiger partial charge in [0.25, 0.3) is 0 Å². The second-order valence-corrected chi connectivity index (χ2v) is 4.65. The number of nitrogens with one attached hydrogen (secondary N) is 2. The molecule has 0 bridgehead atoms. The molecule has 106 valence electrons. The van der Waals surface area contributed by atoms with Crippen molar-refractivity contribution in [3.63, 3.8) is 0 Å². The van der Waals surface area contributed by atoms with Gasteiger partial charge in [-0.05, 0) is 25.5 Å². The zero-order valence-corrected chi connectivity index (χ0v) is 12.5. The Morgan fingerprint density at radius 1 is 1.20 bits per heavy atom. The average molecular weight is 293 g/mol. The predicted octanol–water partition coefficient (Wildman–Crippen LogP) is 3.62. The first-order valence-corrected chi connectivity index (χ1v) is 6.69. The molecular formula is C14H17ClN4O. The molecule has 0 saturated carbocycles. The quantitative estimate of drug-likeness (QED) is 0.881. The highest BCUT2D eigenvalue weighted by Gasteiger charge is 2.08. The summed E-state index contributed by atoms with van der Waals surface area (Å²) >= 11 is 6.09. The molecule has 0 amide bonds. The Labute approximate surface area is 123 Å². The Balaban J connectivity index is 2.29. The van der Waals surface area contributed by atoms with Gasteiger partial charge in [0.2, 0.25) is 0 Å². The van der Waals surface area contributed by atoms with Gasteiger partial charge in [-0.2, -0.15) is 0 Å². The number of nitrogens with zero attached hydrogens (tertiary/aromatic N) is 2. The van der Waals surface area contributed by atoms with Crippen molar-refractivity contribution in [1.29, 1.82) is 0 Å². The number of ether oxygens (including phenoxy) is 1. The summed E-state index contributed by atoms with van der Waals surface area (Å²) in [6.07, 6.45) is 1.51. The van der Waals surface area contributed by atoms with Crippen LogP contribution in [0.2, 0.25) is 5.02 Å². The van der Waals surface area contributed by atoms with Crippen molar-refractivity contribution in [3.05, 3.63) is 35.1 Å². The van der Waals surface area contributed by atoms with E-state index in [-0.39, 0.29) is 0 Å². The molecule has 0 unspecified atom stereocenters. The maximum absolute atomic E-state index is 6.09. The smallest absolute Gasteiger partial charge is 0.143 e. The molecular weight excluding hydrogens is 276 g/mol. The lowest BCUT2D eigenvalue weighted by Gasteiger charge is -2.13. The summed E-state index contributed by atoms with van der Waals surface area (Å²) in [7, 11) is 1.61. The molecule has 5 nitrogen and oxygen atoms in total. The number of anilines is 3. The molecule has 1 aromatic heterocycles. The number of hydrogen-bond acceptors (Lipinski definition) is 5. The van der Waals surface area contributed by atoms with Gasteiger partial charge in [0.15, 0.2) is 0 Å². The number of halogens is 1. The Morgan fingerprint density at radius 3 is 2.65 bits per heavy atom. The number of benzene rings is 1. The lowest BCUT2D eigenvalue weighted by atomic mass is 10.2. The van der Waals surface area contributed by atoms with E-state index in [9.17, 15) is 0 Å². The molecule has 2 rings (SSSR count). The van der Waals surface area contributed by atoms with Crippen LogP contribution in [0.1, 0.15) is 12.5 Å². The van der Waals surface area contributed by atoms with E-state index in [2.05, 4.69) is 20.6 Å². The first kappa shape index (κ1) is 14.4. The Morgan fingerprint density at radius 2 is 1.95 bits per heavy atom. The third-order valence-corrected chi connectivity index (χ3v) is 3.18. The molecule has 0 aliphatic heterocycles. The number of hydrogen-bond donors (Lipinski definition) is 2. The SMILES string of the molecule is CCNc1cc(Nc2cc(C)c(Cl)cc2OC)ncn1. The highest BCUT2D eigenvalue weighted by atomic mass is 35.5. The van der Waals surface area contributed by atoms with E-state index in [1.54, 1.807) is 13.2 Å². The third-order valence-electron chi connectivity index (χ3n) is 2.77. The normalized spacial score (nSPS) is 10.2. The van der Waals surface area contributed by atoms with Crippen LogP contribution in [0.15, 0.2) is 24.5 Å². The van der Waals surface area contributed by atoms with Gasteiger partial charge in [-0.3, -0.25) is 0 Å². The van der Waals surface area contributed by atoms with Crippen LogP contribution in [-0.2, 0) is 0 Å². The van der Waals surface area contributed by atoms with Gasteiger partial charge < -0.3 is 15.4 Å². The van der Waals surface area contributed by atoms with Crippen LogP contribution in [0.3, 0.4) is 0 Å². The molecule has 1 heterocycles. The van der Waals surface area contributed by atoms with Crippen LogP contribution in [0.25, 0.3) is 0 Å². The van der Waals surface area contributed by atoms with Crippen molar-refractivity contribution in [2.24, 2.45) is 0 Å². The van der Waals surface area contributed by atoms with E-state index in [1.165, 1.54) is 6.33 Å². The Kier molecular flexibility index (Phi) is 4.63. The fourth-order valence-electron chi connectivity index (χ4n) is 1.77. The van der Waals surface area contributed by atoms with Crippen LogP contribution >= 0.6 is 11.6 Å². The average Bonchev–Trinajstić information content (AvgIpc) is 2.43. The Bertz CT molecular complexity index is 604. The lowest BCUT2D eigenvalue weighted by molar-refractivity contribution is 0.416. The predicted molar refractivity (Wildman–Crippen MR) is 82.2 cm³/mol. The fraction of sp³-hybridized carbons (Fsp3) is 0.286. The van der Waals surface area contributed by atoms with Crippen molar-refractivity contribution in [2.75, 3.05) is 24.3 Å². The zero-order valence-electron chi connectivity index (χ0n) is 11.7. The van der Waals surface area contributed by atoms with E-state index >= 15 is 0 Å². The largest absolute Gasteiger partial charge is 0.495 e. The van der Waals surface area contributed by atoms with Crippen molar-refractivity contribution in [1.82, 2.24) is 9.97 Å². The van der Waals surface area contributed by atoms with Crippen LogP contribution < -0.4 is 15.4 Å². The van der Waals surface area contributed by atoms with Crippen LogP contribution in [-0.4, -0.2) is 23.6 Å². The second kappa shape index (κ2) is 6.43. The summed E-state index contributed by atoms with van der Waals surface area (Å²) in [5.41, 5.74) is 1.78. The van der Waals surface area contributed by atoms with Crippen LogP contribution in [0.5, 0.6) is 5.75 Å². The van der Waals surface area contributed by atoms with Crippen molar-refractivity contribution >= 4 is 28.9 Å². The van der Waals surface area contributed by atoms with E-state index < -0.39 is 0 Å². The van der Waals surface area contributed by atoms with Gasteiger partial charge >= 0.3 is 0 Å². The number of aromatic nitrogens is 2. The first-order chi connectivity index (χ1) is 9.63. The highest BCUT2D eigenvalue weighted by molar-refractivity contribution is 6.31. The van der Waals surface area contributed by atoms with E-state index in [4.69, 9.17) is 16.3 Å². The maximum Gasteiger partial charge on any atom is 0.143 e. The summed E-state index contributed by atoms with van der Waals surface area (Å²) < 4.78 is 5.33. The van der Waals surface area contributed by atoms with E-state index in [0.29, 0.717) is 16.6 Å². The molecule has 0 radical (unpaired) electrons. The van der Waals surface area contributed by atoms with Crippen molar-refractivity contribution in [2.45, 2.75) is 13.8 Å². The van der Waals surface area contributed by atoms with Gasteiger partial charge in [-0.1, -0.05) is 11.6 Å². The minimum Gasteiger partial charge on any atom is -0.495 e. The number of aryl methyl sites for hydroxylation is 1. The van der Waals surface area contributed by atoms with E-state index in [0.717, 1.165) is 23.6 Å². The topological polar surface area (TPSA) is 59.1 Å². The summed E-state index contributed by atoms with van der Waals surface area (Å²) in [6.45, 7) is 4.76. The summed E-state index contributed by atoms with van der Waals surface area (Å²) in [5, 5.41) is 7.02. The van der Waals surface area contributed by atoms with Gasteiger partial charge in [-0.15, -0.1) is 0 Å². The molecule has 20 heavy (non-hydrogen) atoms. The third kappa shape index (κ3) is 3.30. The first-order valence-electron chi connectivity index (χ1n) is 6.31. The zero-order chi connectivity index (χ0) is 14.5. The molecule has 1 aromatic carbocycles. The van der Waals surface area contributed by atoms with Crippen LogP contribution in [0, 0.1) is 6.92 Å². The van der Waals surface area contributed by atoms with Crippen molar-refractivity contribution in [3.8, 4) is 5.75 Å². The standard InChI is InChI=1S/C14H17ClN4O/c1-4-16-13-7-14(18-8-17-13)19-11-5-9(2)10(15)6-12(11)20-3/h5-8H,4H2,1-3H3,(H2,16,17,18,19). The summed E-state index contributed by atoms with van der Waals surface area (Å²) in [6, 6.07) is 5.55. The molecule has 2 aromatic rings. The summed E-state index contributed by atoms with van der Waals surface area (Å²) in [5.74, 6) is 2.13. The summed E-state index contributed by atoms with van der Waals surface area (Å²) in [4.78, 5) is 8.32. The second-order valence-electron chi connectivity index (χ2n) is 4.25. The molecule has 2 N–H and O–H groups in total. The molecule has 0 spiro atoms. The van der Waals surface area contributed by atoms with Gasteiger partial charge in [0.05, 0.1) is 12.8 Å². The van der Waals surface area contributed by atoms with Gasteiger partial charge in [0, 0.05) is 23.7 Å². The molecule has 0 atom stereocenters. The van der Waals surface area contributed by atoms with E-state index in [1.807, 2.05) is 26.0 Å².